The fraction of sp³-hybridized carbons (Fsp3) is 0.500. The Bertz CT molecular complexity index is 947. The highest BCUT2D eigenvalue weighted by atomic mass is 16.7. The molecule has 0 amide bonds. The quantitative estimate of drug-likeness (QED) is 0.352. The molecule has 1 aromatic carbocycles. The second kappa shape index (κ2) is 9.94. The van der Waals surface area contributed by atoms with Crippen LogP contribution in [0, 0.1) is 17.8 Å². The summed E-state index contributed by atoms with van der Waals surface area (Å²) in [6, 6.07) is 5.33. The number of benzene rings is 1. The van der Waals surface area contributed by atoms with Crippen molar-refractivity contribution in [3.63, 3.8) is 0 Å². The van der Waals surface area contributed by atoms with Crippen LogP contribution in [0.3, 0.4) is 0 Å². The van der Waals surface area contributed by atoms with E-state index in [9.17, 15) is 14.7 Å². The molecule has 3 aliphatic carbocycles. The first-order valence-electron chi connectivity index (χ1n) is 10.4. The molecule has 1 N–H and O–H groups in total. The van der Waals surface area contributed by atoms with Gasteiger partial charge in [-0.3, -0.25) is 4.79 Å². The topological polar surface area (TPSA) is 110 Å². The fourth-order valence-corrected chi connectivity index (χ4v) is 5.17. The number of carbonyl (C=O) groups is 2. The molecule has 0 heterocycles. The average Bonchev–Trinajstić information content (AvgIpc) is 2.86. The molecule has 4 rings (SSSR count). The van der Waals surface area contributed by atoms with E-state index < -0.39 is 47.5 Å². The van der Waals surface area contributed by atoms with Crippen LogP contribution in [0.1, 0.15) is 11.5 Å². The zero-order valence-electron chi connectivity index (χ0n) is 19.6. The number of allylic oxidation sites excluding steroid dienone is 1. The van der Waals surface area contributed by atoms with Crippen LogP contribution in [0.15, 0.2) is 42.0 Å². The number of rotatable bonds is 8. The van der Waals surface area contributed by atoms with Gasteiger partial charge in [0.25, 0.3) is 0 Å². The Morgan fingerprint density at radius 2 is 1.61 bits per heavy atom. The lowest BCUT2D eigenvalue weighted by atomic mass is 9.53. The Labute approximate surface area is 192 Å². The van der Waals surface area contributed by atoms with Gasteiger partial charge < -0.3 is 33.5 Å². The molecule has 2 bridgehead atoms. The molecular formula is C24H30O9. The summed E-state index contributed by atoms with van der Waals surface area (Å²) < 4.78 is 32.0. The number of methoxy groups -OCH3 is 6. The summed E-state index contributed by atoms with van der Waals surface area (Å²) in [6.07, 6.45) is 3.50. The monoisotopic (exact) mass is 462 g/mol. The lowest BCUT2D eigenvalue weighted by molar-refractivity contribution is -0.316. The minimum atomic E-state index is -1.47. The summed E-state index contributed by atoms with van der Waals surface area (Å²) in [5.74, 6) is -4.12. The van der Waals surface area contributed by atoms with Crippen molar-refractivity contribution < 1.29 is 43.1 Å². The molecule has 180 valence electrons. The maximum atomic E-state index is 13.1. The Hall–Kier alpha value is -2.88. The first kappa shape index (κ1) is 24.8. The molecular weight excluding hydrogens is 432 g/mol. The second-order valence-corrected chi connectivity index (χ2v) is 7.84. The first-order chi connectivity index (χ1) is 15.8. The predicted octanol–water partition coefficient (Wildman–Crippen LogP) is 1.84. The van der Waals surface area contributed by atoms with Crippen LogP contribution in [0.25, 0.3) is 0 Å². The SMILES string of the molecule is COC(=O)/C=C\C1=C[C@@H]2[C@H](C(=O)OC)[C@@H](c3ccc(OC)c(OC)c3)[C@H]1[C@H](O)C2(OC)OC. The predicted molar refractivity (Wildman–Crippen MR) is 117 cm³/mol. The van der Waals surface area contributed by atoms with E-state index in [1.807, 2.05) is 6.07 Å². The van der Waals surface area contributed by atoms with E-state index >= 15 is 0 Å². The number of aliphatic hydroxyl groups excluding tert-OH is 1. The molecule has 0 unspecified atom stereocenters. The highest BCUT2D eigenvalue weighted by Gasteiger charge is 2.65. The lowest BCUT2D eigenvalue weighted by Gasteiger charge is -2.57. The summed E-state index contributed by atoms with van der Waals surface area (Å²) >= 11 is 0. The standard InChI is InChI=1S/C24H30O9/c1-28-16-9-7-14(12-17(16)29-2)19-20-13(8-10-18(25)30-3)11-15(21(19)23(27)31-4)24(32-5,33-6)22(20)26/h7-12,15,19-22,26H,1-6H3/b10-8-/t15-,19+,20+,21+,22+/m1/s1. The Morgan fingerprint density at radius 1 is 0.939 bits per heavy atom. The molecule has 0 spiro atoms. The van der Waals surface area contributed by atoms with E-state index in [2.05, 4.69) is 0 Å². The lowest BCUT2D eigenvalue weighted by Crippen LogP contribution is -2.66. The molecule has 1 fully saturated rings. The number of hydrogen-bond acceptors (Lipinski definition) is 9. The van der Waals surface area contributed by atoms with Crippen LogP contribution in [0.4, 0.5) is 0 Å². The van der Waals surface area contributed by atoms with Gasteiger partial charge in [-0.25, -0.2) is 4.79 Å². The van der Waals surface area contributed by atoms with Crippen molar-refractivity contribution in [3.05, 3.63) is 47.6 Å². The van der Waals surface area contributed by atoms with Crippen molar-refractivity contribution in [1.29, 1.82) is 0 Å². The van der Waals surface area contributed by atoms with E-state index in [4.69, 9.17) is 28.4 Å². The van der Waals surface area contributed by atoms with E-state index in [0.717, 1.165) is 5.56 Å². The first-order valence-corrected chi connectivity index (χ1v) is 10.4. The number of carbonyl (C=O) groups excluding carboxylic acids is 2. The van der Waals surface area contributed by atoms with Gasteiger partial charge >= 0.3 is 11.9 Å². The summed E-state index contributed by atoms with van der Waals surface area (Å²) in [6.45, 7) is 0. The van der Waals surface area contributed by atoms with Crippen molar-refractivity contribution in [2.24, 2.45) is 17.8 Å². The number of esters is 2. The second-order valence-electron chi connectivity index (χ2n) is 7.84. The van der Waals surface area contributed by atoms with Crippen LogP contribution < -0.4 is 9.47 Å². The van der Waals surface area contributed by atoms with Crippen molar-refractivity contribution in [2.75, 3.05) is 42.7 Å². The highest BCUT2D eigenvalue weighted by Crippen LogP contribution is 2.59. The molecule has 3 aliphatic rings. The largest absolute Gasteiger partial charge is 0.493 e. The molecule has 0 aliphatic heterocycles. The normalized spacial score (nSPS) is 27.7. The summed E-state index contributed by atoms with van der Waals surface area (Å²) in [5, 5.41) is 11.5. The van der Waals surface area contributed by atoms with Gasteiger partial charge in [0, 0.05) is 38.0 Å². The third kappa shape index (κ3) is 4.01. The Morgan fingerprint density at radius 3 is 2.15 bits per heavy atom. The Balaban J connectivity index is 2.24. The van der Waals surface area contributed by atoms with Gasteiger partial charge in [-0.2, -0.15) is 0 Å². The highest BCUT2D eigenvalue weighted by molar-refractivity contribution is 5.82. The third-order valence-electron chi connectivity index (χ3n) is 6.65. The summed E-state index contributed by atoms with van der Waals surface area (Å²) in [4.78, 5) is 24.8. The third-order valence-corrected chi connectivity index (χ3v) is 6.65. The molecule has 9 heteroatoms. The number of hydrogen-bond donors (Lipinski definition) is 1. The molecule has 33 heavy (non-hydrogen) atoms. The van der Waals surface area contributed by atoms with E-state index in [-0.39, 0.29) is 0 Å². The molecule has 0 aromatic heterocycles. The summed E-state index contributed by atoms with van der Waals surface area (Å²) in [5.41, 5.74) is 1.39. The zero-order valence-corrected chi connectivity index (χ0v) is 19.6. The van der Waals surface area contributed by atoms with Gasteiger partial charge in [-0.05, 0) is 23.3 Å². The van der Waals surface area contributed by atoms with E-state index in [0.29, 0.717) is 17.1 Å². The van der Waals surface area contributed by atoms with Crippen LogP contribution in [0.2, 0.25) is 0 Å². The number of ether oxygens (including phenoxy) is 6. The van der Waals surface area contributed by atoms with E-state index in [1.54, 1.807) is 24.3 Å². The van der Waals surface area contributed by atoms with Gasteiger partial charge in [-0.1, -0.05) is 18.2 Å². The van der Waals surface area contributed by atoms with Crippen molar-refractivity contribution >= 4 is 11.9 Å². The van der Waals surface area contributed by atoms with Crippen LogP contribution in [-0.2, 0) is 28.5 Å². The minimum Gasteiger partial charge on any atom is -0.493 e. The van der Waals surface area contributed by atoms with Crippen molar-refractivity contribution in [2.45, 2.75) is 17.8 Å². The number of fused-ring (bicyclic) bond motifs is 2. The molecule has 1 aromatic rings. The maximum Gasteiger partial charge on any atom is 0.330 e. The molecule has 1 saturated carbocycles. The average molecular weight is 462 g/mol. The molecule has 0 radical (unpaired) electrons. The van der Waals surface area contributed by atoms with Crippen molar-refractivity contribution in [1.82, 2.24) is 0 Å². The zero-order chi connectivity index (χ0) is 24.3. The fourth-order valence-electron chi connectivity index (χ4n) is 5.17. The van der Waals surface area contributed by atoms with Gasteiger partial charge in [-0.15, -0.1) is 0 Å². The van der Waals surface area contributed by atoms with Crippen LogP contribution >= 0.6 is 0 Å². The summed E-state index contributed by atoms with van der Waals surface area (Å²) in [7, 11) is 8.49. The Kier molecular flexibility index (Phi) is 7.46. The smallest absolute Gasteiger partial charge is 0.330 e. The van der Waals surface area contributed by atoms with Crippen molar-refractivity contribution in [3.8, 4) is 11.5 Å². The van der Waals surface area contributed by atoms with Gasteiger partial charge in [0.1, 0.15) is 6.10 Å². The molecule has 5 atom stereocenters. The van der Waals surface area contributed by atoms with Gasteiger partial charge in [0.05, 0.1) is 34.4 Å². The van der Waals surface area contributed by atoms with Crippen LogP contribution in [-0.4, -0.2) is 71.6 Å². The maximum absolute atomic E-state index is 13.1. The van der Waals surface area contributed by atoms with E-state index in [1.165, 1.54) is 48.7 Å². The molecule has 9 nitrogen and oxygen atoms in total. The molecule has 0 saturated heterocycles. The van der Waals surface area contributed by atoms with Gasteiger partial charge in [0.2, 0.25) is 5.79 Å². The van der Waals surface area contributed by atoms with Gasteiger partial charge in [0.15, 0.2) is 11.5 Å². The minimum absolute atomic E-state index is 0.470. The van der Waals surface area contributed by atoms with Crippen LogP contribution in [0.5, 0.6) is 11.5 Å². The number of aliphatic hydroxyl groups is 1.